The third kappa shape index (κ3) is 5.32. The van der Waals surface area contributed by atoms with E-state index in [9.17, 15) is 35.7 Å². The fraction of sp³-hybridized carbons (Fsp3) is 1.00. The highest BCUT2D eigenvalue weighted by molar-refractivity contribution is 5.01. The average molecular weight is 485 g/mol. The van der Waals surface area contributed by atoms with Crippen LogP contribution in [0.4, 0.5) is 0 Å². The summed E-state index contributed by atoms with van der Waals surface area (Å²) < 4.78 is 22.3. The molecular formula is C18H36N4O11. The molecule has 15 N–H and O–H groups in total. The normalized spacial score (nSPS) is 53.7. The summed E-state index contributed by atoms with van der Waals surface area (Å²) in [6.45, 7) is -1.20. The van der Waals surface area contributed by atoms with Crippen LogP contribution in [0.25, 0.3) is 0 Å². The number of aliphatic hydroxyl groups excluding tert-OH is 7. The highest BCUT2D eigenvalue weighted by Gasteiger charge is 2.51. The van der Waals surface area contributed by atoms with E-state index in [-0.39, 0.29) is 6.42 Å². The third-order valence-corrected chi connectivity index (χ3v) is 6.51. The fourth-order valence-electron chi connectivity index (χ4n) is 4.40. The SMILES string of the molecule is NC1CC(N)C(OC2OC(CO)C(O)C(N)C2O)C(O)C1OC1OC(CO)C(O)C(O)C1N. The van der Waals surface area contributed by atoms with Gasteiger partial charge in [0.15, 0.2) is 12.6 Å². The van der Waals surface area contributed by atoms with Gasteiger partial charge in [-0.25, -0.2) is 0 Å². The summed E-state index contributed by atoms with van der Waals surface area (Å²) in [5.74, 6) is 0. The average Bonchev–Trinajstić information content (AvgIpc) is 2.79. The number of rotatable bonds is 6. The molecule has 3 aliphatic rings. The van der Waals surface area contributed by atoms with Gasteiger partial charge >= 0.3 is 0 Å². The predicted molar refractivity (Wildman–Crippen MR) is 108 cm³/mol. The minimum atomic E-state index is -1.49. The highest BCUT2D eigenvalue weighted by atomic mass is 16.7. The molecule has 0 amide bonds. The van der Waals surface area contributed by atoms with Gasteiger partial charge in [-0.2, -0.15) is 0 Å². The monoisotopic (exact) mass is 484 g/mol. The molecule has 194 valence electrons. The number of hydrogen-bond donors (Lipinski definition) is 11. The van der Waals surface area contributed by atoms with Gasteiger partial charge in [-0.05, 0) is 6.42 Å². The van der Waals surface area contributed by atoms with Crippen molar-refractivity contribution in [1.29, 1.82) is 0 Å². The van der Waals surface area contributed by atoms with Gasteiger partial charge in [0, 0.05) is 12.1 Å². The molecule has 1 aliphatic carbocycles. The van der Waals surface area contributed by atoms with Crippen molar-refractivity contribution in [3.63, 3.8) is 0 Å². The molecule has 1 saturated carbocycles. The van der Waals surface area contributed by atoms with E-state index in [0.717, 1.165) is 0 Å². The van der Waals surface area contributed by atoms with E-state index in [0.29, 0.717) is 0 Å². The quantitative estimate of drug-likeness (QED) is 0.167. The molecule has 0 aromatic rings. The molecule has 0 aromatic heterocycles. The molecule has 0 aromatic carbocycles. The smallest absolute Gasteiger partial charge is 0.186 e. The Labute approximate surface area is 189 Å². The van der Waals surface area contributed by atoms with E-state index < -0.39 is 105 Å². The molecule has 15 atom stereocenters. The molecular weight excluding hydrogens is 448 g/mol. The number of aliphatic hydroxyl groups is 7. The van der Waals surface area contributed by atoms with Gasteiger partial charge in [0.1, 0.15) is 54.9 Å². The van der Waals surface area contributed by atoms with E-state index in [1.807, 2.05) is 0 Å². The van der Waals surface area contributed by atoms with Crippen LogP contribution in [0.1, 0.15) is 6.42 Å². The van der Waals surface area contributed by atoms with Crippen molar-refractivity contribution >= 4 is 0 Å². The van der Waals surface area contributed by atoms with Crippen LogP contribution in [-0.2, 0) is 18.9 Å². The summed E-state index contributed by atoms with van der Waals surface area (Å²) in [6, 6.07) is -4.04. The first kappa shape index (κ1) is 27.0. The second kappa shape index (κ2) is 11.0. The van der Waals surface area contributed by atoms with E-state index in [1.165, 1.54) is 0 Å². The van der Waals surface area contributed by atoms with Gasteiger partial charge in [-0.1, -0.05) is 0 Å². The maximum absolute atomic E-state index is 11.0. The molecule has 15 heteroatoms. The Morgan fingerprint density at radius 1 is 0.606 bits per heavy atom. The highest BCUT2D eigenvalue weighted by Crippen LogP contribution is 2.30. The lowest BCUT2D eigenvalue weighted by atomic mass is 9.84. The maximum atomic E-state index is 11.0. The van der Waals surface area contributed by atoms with Crippen LogP contribution >= 0.6 is 0 Å². The minimum Gasteiger partial charge on any atom is -0.394 e. The van der Waals surface area contributed by atoms with Gasteiger partial charge in [0.25, 0.3) is 0 Å². The van der Waals surface area contributed by atoms with Crippen molar-refractivity contribution in [2.24, 2.45) is 22.9 Å². The van der Waals surface area contributed by atoms with Crippen LogP contribution in [0.5, 0.6) is 0 Å². The first-order valence-corrected chi connectivity index (χ1v) is 10.8. The molecule has 15 unspecified atom stereocenters. The third-order valence-electron chi connectivity index (χ3n) is 6.51. The summed E-state index contributed by atoms with van der Waals surface area (Å²) in [5.41, 5.74) is 23.9. The molecule has 2 heterocycles. The van der Waals surface area contributed by atoms with Gasteiger partial charge in [-0.3, -0.25) is 0 Å². The first-order chi connectivity index (χ1) is 15.5. The molecule has 0 radical (unpaired) electrons. The van der Waals surface area contributed by atoms with E-state index >= 15 is 0 Å². The number of hydrogen-bond acceptors (Lipinski definition) is 15. The minimum absolute atomic E-state index is 0.101. The van der Waals surface area contributed by atoms with Crippen molar-refractivity contribution < 1.29 is 54.7 Å². The lowest BCUT2D eigenvalue weighted by molar-refractivity contribution is -0.320. The lowest BCUT2D eigenvalue weighted by Crippen LogP contribution is -2.69. The second-order valence-corrected chi connectivity index (χ2v) is 8.82. The van der Waals surface area contributed by atoms with Crippen LogP contribution in [0.2, 0.25) is 0 Å². The van der Waals surface area contributed by atoms with Crippen LogP contribution in [0, 0.1) is 0 Å². The zero-order valence-electron chi connectivity index (χ0n) is 17.9. The van der Waals surface area contributed by atoms with Crippen molar-refractivity contribution in [2.45, 2.75) is 98.1 Å². The van der Waals surface area contributed by atoms with Gasteiger partial charge in [0.2, 0.25) is 0 Å². The lowest BCUT2D eigenvalue weighted by Gasteiger charge is -2.48. The predicted octanol–water partition coefficient (Wildman–Crippen LogP) is -7.29. The summed E-state index contributed by atoms with van der Waals surface area (Å²) in [4.78, 5) is 0. The van der Waals surface area contributed by atoms with Crippen LogP contribution in [0.15, 0.2) is 0 Å². The standard InChI is InChI=1S/C18H36N4O11/c19-4-1-5(20)16(33-18-13(28)8(21)10(25)6(2-23)31-18)14(29)15(4)32-17-9(22)12(27)11(26)7(3-24)30-17/h4-18,23-29H,1-3,19-22H2. The van der Waals surface area contributed by atoms with Gasteiger partial charge in [-0.15, -0.1) is 0 Å². The largest absolute Gasteiger partial charge is 0.394 e. The summed E-state index contributed by atoms with van der Waals surface area (Å²) in [6.07, 6.45) is -14.5. The molecule has 33 heavy (non-hydrogen) atoms. The molecule has 3 fully saturated rings. The molecule has 2 aliphatic heterocycles. The fourth-order valence-corrected chi connectivity index (χ4v) is 4.40. The zero-order valence-corrected chi connectivity index (χ0v) is 17.9. The Morgan fingerprint density at radius 3 is 1.64 bits per heavy atom. The van der Waals surface area contributed by atoms with E-state index in [1.54, 1.807) is 0 Å². The molecule has 2 saturated heterocycles. The molecule has 3 rings (SSSR count). The number of nitrogens with two attached hydrogens (primary N) is 4. The van der Waals surface area contributed by atoms with E-state index in [2.05, 4.69) is 0 Å². The van der Waals surface area contributed by atoms with Crippen LogP contribution in [-0.4, -0.2) is 141 Å². The Balaban J connectivity index is 1.72. The Hall–Kier alpha value is -0.600. The molecule has 15 nitrogen and oxygen atoms in total. The molecule has 0 spiro atoms. The van der Waals surface area contributed by atoms with Crippen molar-refractivity contribution in [3.05, 3.63) is 0 Å². The van der Waals surface area contributed by atoms with Crippen LogP contribution < -0.4 is 22.9 Å². The molecule has 0 bridgehead atoms. The summed E-state index contributed by atoms with van der Waals surface area (Å²) in [5, 5.41) is 70.1. The van der Waals surface area contributed by atoms with Crippen molar-refractivity contribution in [1.82, 2.24) is 0 Å². The number of ether oxygens (including phenoxy) is 4. The topological polar surface area (TPSA) is 283 Å². The van der Waals surface area contributed by atoms with E-state index in [4.69, 9.17) is 41.9 Å². The maximum Gasteiger partial charge on any atom is 0.186 e. The zero-order chi connectivity index (χ0) is 24.6. The van der Waals surface area contributed by atoms with Crippen LogP contribution in [0.3, 0.4) is 0 Å². The Kier molecular flexibility index (Phi) is 8.99. The summed E-state index contributed by atoms with van der Waals surface area (Å²) >= 11 is 0. The first-order valence-electron chi connectivity index (χ1n) is 10.8. The van der Waals surface area contributed by atoms with Gasteiger partial charge in [0.05, 0.1) is 25.3 Å². The Morgan fingerprint density at radius 2 is 1.09 bits per heavy atom. The Bertz CT molecular complexity index is 584. The van der Waals surface area contributed by atoms with Gasteiger partial charge < -0.3 is 77.6 Å². The van der Waals surface area contributed by atoms with Crippen molar-refractivity contribution in [3.8, 4) is 0 Å². The summed E-state index contributed by atoms with van der Waals surface area (Å²) in [7, 11) is 0. The van der Waals surface area contributed by atoms with Crippen molar-refractivity contribution in [2.75, 3.05) is 13.2 Å². The second-order valence-electron chi connectivity index (χ2n) is 8.82.